The van der Waals surface area contributed by atoms with Gasteiger partial charge in [-0.15, -0.1) is 0 Å². The Labute approximate surface area is 77.1 Å². The number of hydrogen-bond acceptors (Lipinski definition) is 3. The molecule has 0 radical (unpaired) electrons. The number of rotatable bonds is 2. The highest BCUT2D eigenvalue weighted by atomic mass is 19.4. The summed E-state index contributed by atoms with van der Waals surface area (Å²) in [7, 11) is 0. The van der Waals surface area contributed by atoms with Crippen molar-refractivity contribution >= 4 is 0 Å². The molecule has 2 rings (SSSR count). The number of aliphatic hydroxyl groups is 1. The van der Waals surface area contributed by atoms with Gasteiger partial charge in [0.15, 0.2) is 0 Å². The van der Waals surface area contributed by atoms with Crippen LogP contribution in [0.3, 0.4) is 0 Å². The zero-order valence-corrected chi connectivity index (χ0v) is 6.91. The third-order valence-corrected chi connectivity index (χ3v) is 2.02. The monoisotopic (exact) mass is 208 g/mol. The molecule has 1 saturated heterocycles. The average Bonchev–Trinajstić information content (AvgIpc) is 2.70. The maximum Gasteiger partial charge on any atom is 0.419 e. The van der Waals surface area contributed by atoms with Gasteiger partial charge < -0.3 is 14.3 Å². The molecular formula is C8H7F3O3. The minimum atomic E-state index is -4.44. The van der Waals surface area contributed by atoms with E-state index >= 15 is 0 Å². The summed E-state index contributed by atoms with van der Waals surface area (Å²) in [5.41, 5.74) is -0.835. The quantitative estimate of drug-likeness (QED) is 0.753. The standard InChI is InChI=1S/C8H7F3O3/c9-8(10,11)4-1-2-13-6(4)7-5(3-12)14-7/h1-2,5,7,12H,3H2/t5-,7-/m1/s1. The van der Waals surface area contributed by atoms with Gasteiger partial charge in [0.05, 0.1) is 18.4 Å². The highest BCUT2D eigenvalue weighted by Crippen LogP contribution is 2.44. The van der Waals surface area contributed by atoms with E-state index in [0.717, 1.165) is 12.3 Å². The SMILES string of the molecule is OC[C@H]1O[C@H]1c1occc1C(F)(F)F. The van der Waals surface area contributed by atoms with E-state index in [1.165, 1.54) is 0 Å². The van der Waals surface area contributed by atoms with Gasteiger partial charge in [-0.1, -0.05) is 0 Å². The van der Waals surface area contributed by atoms with Crippen molar-refractivity contribution in [2.24, 2.45) is 0 Å². The second-order valence-corrected chi connectivity index (χ2v) is 2.97. The molecule has 0 aliphatic carbocycles. The van der Waals surface area contributed by atoms with Gasteiger partial charge in [-0.25, -0.2) is 0 Å². The third kappa shape index (κ3) is 1.51. The van der Waals surface area contributed by atoms with Crippen LogP contribution in [-0.2, 0) is 10.9 Å². The van der Waals surface area contributed by atoms with Crippen molar-refractivity contribution in [3.63, 3.8) is 0 Å². The van der Waals surface area contributed by atoms with Gasteiger partial charge in [0.2, 0.25) is 0 Å². The molecule has 1 aromatic rings. The van der Waals surface area contributed by atoms with Crippen molar-refractivity contribution in [3.05, 3.63) is 23.7 Å². The fourth-order valence-corrected chi connectivity index (χ4v) is 1.29. The fraction of sp³-hybridized carbons (Fsp3) is 0.500. The smallest absolute Gasteiger partial charge is 0.419 e. The molecule has 1 aromatic heterocycles. The second kappa shape index (κ2) is 2.99. The Balaban J connectivity index is 2.24. The summed E-state index contributed by atoms with van der Waals surface area (Å²) < 4.78 is 46.5. The largest absolute Gasteiger partial charge is 0.466 e. The summed E-state index contributed by atoms with van der Waals surface area (Å²) >= 11 is 0. The topological polar surface area (TPSA) is 45.9 Å². The molecule has 1 aliphatic heterocycles. The van der Waals surface area contributed by atoms with Crippen LogP contribution in [0, 0.1) is 0 Å². The molecule has 78 valence electrons. The van der Waals surface area contributed by atoms with Crippen LogP contribution in [0.5, 0.6) is 0 Å². The maximum atomic E-state index is 12.3. The average molecular weight is 208 g/mol. The molecule has 2 atom stereocenters. The lowest BCUT2D eigenvalue weighted by Crippen LogP contribution is -2.07. The highest BCUT2D eigenvalue weighted by molar-refractivity contribution is 5.25. The van der Waals surface area contributed by atoms with E-state index in [4.69, 9.17) is 14.3 Å². The predicted octanol–water partition coefficient (Wildman–Crippen LogP) is 1.73. The summed E-state index contributed by atoms with van der Waals surface area (Å²) in [5, 5.41) is 8.62. The van der Waals surface area contributed by atoms with Crippen molar-refractivity contribution in [2.75, 3.05) is 6.61 Å². The molecule has 0 aromatic carbocycles. The minimum absolute atomic E-state index is 0.253. The van der Waals surface area contributed by atoms with Gasteiger partial charge in [0.1, 0.15) is 18.0 Å². The van der Waals surface area contributed by atoms with Gasteiger partial charge in [-0.05, 0) is 6.07 Å². The maximum absolute atomic E-state index is 12.3. The van der Waals surface area contributed by atoms with Gasteiger partial charge in [-0.2, -0.15) is 13.2 Å². The van der Waals surface area contributed by atoms with E-state index in [2.05, 4.69) is 0 Å². The van der Waals surface area contributed by atoms with Gasteiger partial charge in [0, 0.05) is 0 Å². The third-order valence-electron chi connectivity index (χ3n) is 2.02. The van der Waals surface area contributed by atoms with Crippen LogP contribution in [-0.4, -0.2) is 17.8 Å². The van der Waals surface area contributed by atoms with E-state index in [9.17, 15) is 13.2 Å². The zero-order valence-electron chi connectivity index (χ0n) is 6.91. The molecule has 0 spiro atoms. The van der Waals surface area contributed by atoms with Gasteiger partial charge in [0.25, 0.3) is 0 Å². The van der Waals surface area contributed by atoms with Gasteiger partial charge in [-0.3, -0.25) is 0 Å². The number of furan rings is 1. The summed E-state index contributed by atoms with van der Waals surface area (Å²) in [5.74, 6) is -0.253. The highest BCUT2D eigenvalue weighted by Gasteiger charge is 2.48. The van der Waals surface area contributed by atoms with Crippen molar-refractivity contribution < 1.29 is 27.4 Å². The number of halogens is 3. The molecule has 0 amide bonds. The van der Waals surface area contributed by atoms with Crippen molar-refractivity contribution in [2.45, 2.75) is 18.4 Å². The van der Waals surface area contributed by atoms with Gasteiger partial charge >= 0.3 is 6.18 Å². The summed E-state index contributed by atoms with van der Waals surface area (Å²) in [6.07, 6.45) is -4.79. The van der Waals surface area contributed by atoms with Crippen LogP contribution in [0.2, 0.25) is 0 Å². The van der Waals surface area contributed by atoms with Crippen LogP contribution in [0.4, 0.5) is 13.2 Å². The van der Waals surface area contributed by atoms with E-state index in [1.54, 1.807) is 0 Å². The van der Waals surface area contributed by atoms with Crippen LogP contribution in [0.15, 0.2) is 16.7 Å². The number of epoxide rings is 1. The molecule has 1 N–H and O–H groups in total. The lowest BCUT2D eigenvalue weighted by Gasteiger charge is -2.04. The van der Waals surface area contributed by atoms with Crippen molar-refractivity contribution in [1.29, 1.82) is 0 Å². The van der Waals surface area contributed by atoms with Crippen LogP contribution < -0.4 is 0 Å². The van der Waals surface area contributed by atoms with E-state index in [-0.39, 0.29) is 12.4 Å². The molecule has 0 unspecified atom stereocenters. The second-order valence-electron chi connectivity index (χ2n) is 2.97. The molecule has 0 bridgehead atoms. The Kier molecular flexibility index (Phi) is 2.04. The molecule has 0 saturated carbocycles. The number of ether oxygens (including phenoxy) is 1. The lowest BCUT2D eigenvalue weighted by atomic mass is 10.1. The number of aliphatic hydroxyl groups excluding tert-OH is 1. The Morgan fingerprint density at radius 1 is 1.43 bits per heavy atom. The molecule has 1 aliphatic rings. The minimum Gasteiger partial charge on any atom is -0.466 e. The van der Waals surface area contributed by atoms with Crippen molar-refractivity contribution in [3.8, 4) is 0 Å². The molecule has 6 heteroatoms. The van der Waals surface area contributed by atoms with E-state index in [0.29, 0.717) is 0 Å². The first-order valence-electron chi connectivity index (χ1n) is 3.95. The van der Waals surface area contributed by atoms with E-state index in [1.807, 2.05) is 0 Å². The normalized spacial score (nSPS) is 26.6. The van der Waals surface area contributed by atoms with Crippen LogP contribution in [0.25, 0.3) is 0 Å². The Morgan fingerprint density at radius 2 is 2.14 bits per heavy atom. The Bertz CT molecular complexity index is 331. The van der Waals surface area contributed by atoms with E-state index < -0.39 is 23.9 Å². The summed E-state index contributed by atoms with van der Waals surface area (Å²) in [6, 6.07) is 0.853. The molecular weight excluding hydrogens is 201 g/mol. The molecule has 2 heterocycles. The van der Waals surface area contributed by atoms with Crippen molar-refractivity contribution in [1.82, 2.24) is 0 Å². The predicted molar refractivity (Wildman–Crippen MR) is 38.4 cm³/mol. The molecule has 3 nitrogen and oxygen atoms in total. The first kappa shape index (κ1) is 9.54. The fourth-order valence-electron chi connectivity index (χ4n) is 1.29. The summed E-state index contributed by atoms with van der Waals surface area (Å²) in [4.78, 5) is 0. The summed E-state index contributed by atoms with van der Waals surface area (Å²) in [6.45, 7) is -0.303. The lowest BCUT2D eigenvalue weighted by molar-refractivity contribution is -0.138. The first-order valence-corrected chi connectivity index (χ1v) is 3.95. The number of hydrogen-bond donors (Lipinski definition) is 1. The van der Waals surface area contributed by atoms with Crippen LogP contribution in [0.1, 0.15) is 17.4 Å². The molecule has 1 fully saturated rings. The zero-order chi connectivity index (χ0) is 10.3. The Morgan fingerprint density at radius 3 is 2.64 bits per heavy atom. The van der Waals surface area contributed by atoms with Crippen LogP contribution >= 0.6 is 0 Å². The first-order chi connectivity index (χ1) is 6.54. The Hall–Kier alpha value is -1.01. The molecule has 14 heavy (non-hydrogen) atoms. The number of alkyl halides is 3.